The largest absolute Gasteiger partial charge is 0.479 e. The average molecular weight is 133 g/mol. The van der Waals surface area contributed by atoms with Gasteiger partial charge in [0.2, 0.25) is 0 Å². The lowest BCUT2D eigenvalue weighted by molar-refractivity contribution is -0.149. The van der Waals surface area contributed by atoms with E-state index in [9.17, 15) is 4.79 Å². The van der Waals surface area contributed by atoms with Crippen molar-refractivity contribution in [3.8, 4) is 0 Å². The van der Waals surface area contributed by atoms with Gasteiger partial charge in [-0.2, -0.15) is 0 Å². The van der Waals surface area contributed by atoms with E-state index in [2.05, 4.69) is 0 Å². The molecular weight excluding hydrogens is 122 g/mol. The maximum atomic E-state index is 9.99. The van der Waals surface area contributed by atoms with Crippen LogP contribution >= 0.6 is 0 Å². The van der Waals surface area contributed by atoms with Crippen molar-refractivity contribution in [2.45, 2.75) is 13.0 Å². The first-order valence-corrected chi connectivity index (χ1v) is 2.70. The molecule has 0 aliphatic carbocycles. The van der Waals surface area contributed by atoms with Crippen LogP contribution in [0.2, 0.25) is 0 Å². The van der Waals surface area contributed by atoms with Gasteiger partial charge < -0.3 is 15.9 Å². The fraction of sp³-hybridized carbons (Fsp3) is 0.800. The molecular formula is C5H11NO3. The monoisotopic (exact) mass is 133 g/mol. The zero-order valence-electron chi connectivity index (χ0n) is 5.24. The molecule has 0 rings (SSSR count). The highest BCUT2D eigenvalue weighted by atomic mass is 16.4. The Labute approximate surface area is 53.3 Å². The van der Waals surface area contributed by atoms with Crippen LogP contribution in [0.3, 0.4) is 0 Å². The first kappa shape index (κ1) is 8.39. The fourth-order valence-corrected chi connectivity index (χ4v) is 0.372. The molecule has 0 saturated heterocycles. The molecule has 9 heavy (non-hydrogen) atoms. The van der Waals surface area contributed by atoms with E-state index in [4.69, 9.17) is 15.9 Å². The first-order valence-electron chi connectivity index (χ1n) is 2.70. The number of aliphatic hydroxyl groups excluding tert-OH is 1. The summed E-state index contributed by atoms with van der Waals surface area (Å²) in [5.41, 5.74) is 5.09. The molecule has 0 saturated carbocycles. The second-order valence-electron chi connectivity index (χ2n) is 2.00. The van der Waals surface area contributed by atoms with Crippen LogP contribution in [0.1, 0.15) is 6.92 Å². The quantitative estimate of drug-likeness (QED) is 0.462. The standard InChI is InChI=1S/C5H11NO3/c1-3(2-6)4(7)5(8)9/h3-4,7H,2,6H2,1H3,(H,8,9). The Kier molecular flexibility index (Phi) is 3.19. The van der Waals surface area contributed by atoms with Crippen LogP contribution < -0.4 is 5.73 Å². The first-order chi connectivity index (χ1) is 4.09. The van der Waals surface area contributed by atoms with E-state index >= 15 is 0 Å². The van der Waals surface area contributed by atoms with Gasteiger partial charge in [-0.1, -0.05) is 6.92 Å². The lowest BCUT2D eigenvalue weighted by Gasteiger charge is -2.10. The van der Waals surface area contributed by atoms with E-state index in [1.54, 1.807) is 6.92 Å². The van der Waals surface area contributed by atoms with Gasteiger partial charge in [0, 0.05) is 5.92 Å². The Morgan fingerprint density at radius 1 is 1.78 bits per heavy atom. The zero-order valence-corrected chi connectivity index (χ0v) is 5.24. The van der Waals surface area contributed by atoms with Crippen molar-refractivity contribution in [3.63, 3.8) is 0 Å². The molecule has 2 atom stereocenters. The number of rotatable bonds is 3. The summed E-state index contributed by atoms with van der Waals surface area (Å²) < 4.78 is 0. The zero-order chi connectivity index (χ0) is 7.44. The number of hydrogen-bond donors (Lipinski definition) is 3. The average Bonchev–Trinajstić information content (AvgIpc) is 1.84. The highest BCUT2D eigenvalue weighted by Crippen LogP contribution is 1.99. The Morgan fingerprint density at radius 2 is 2.22 bits per heavy atom. The van der Waals surface area contributed by atoms with Crippen molar-refractivity contribution in [2.24, 2.45) is 11.7 Å². The molecule has 4 N–H and O–H groups in total. The smallest absolute Gasteiger partial charge is 0.332 e. The minimum absolute atomic E-state index is 0.188. The molecule has 54 valence electrons. The van der Waals surface area contributed by atoms with E-state index in [-0.39, 0.29) is 12.5 Å². The van der Waals surface area contributed by atoms with E-state index in [1.807, 2.05) is 0 Å². The van der Waals surface area contributed by atoms with Crippen molar-refractivity contribution in [1.82, 2.24) is 0 Å². The van der Waals surface area contributed by atoms with Gasteiger partial charge in [0.15, 0.2) is 6.10 Å². The summed E-state index contributed by atoms with van der Waals surface area (Å²) in [5.74, 6) is -1.59. The minimum Gasteiger partial charge on any atom is -0.479 e. The van der Waals surface area contributed by atoms with Crippen molar-refractivity contribution >= 4 is 5.97 Å². The van der Waals surface area contributed by atoms with Gasteiger partial charge in [0.05, 0.1) is 0 Å². The van der Waals surface area contributed by atoms with Gasteiger partial charge in [-0.3, -0.25) is 0 Å². The number of carboxylic acids is 1. The van der Waals surface area contributed by atoms with Gasteiger partial charge in [-0.25, -0.2) is 4.79 Å². The summed E-state index contributed by atoms with van der Waals surface area (Å²) in [4.78, 5) is 9.99. The Bertz CT molecular complexity index is 104. The second kappa shape index (κ2) is 3.42. The third-order valence-corrected chi connectivity index (χ3v) is 1.16. The maximum Gasteiger partial charge on any atom is 0.332 e. The molecule has 0 amide bonds. The molecule has 0 aromatic heterocycles. The number of carbonyl (C=O) groups is 1. The normalized spacial score (nSPS) is 16.8. The SMILES string of the molecule is CC(CN)C(O)C(=O)O. The summed E-state index contributed by atoms with van der Waals surface area (Å²) in [7, 11) is 0. The predicted octanol–water partition coefficient (Wildman–Crippen LogP) is -0.973. The van der Waals surface area contributed by atoms with Gasteiger partial charge in [-0.05, 0) is 6.54 Å². The molecule has 4 heteroatoms. The van der Waals surface area contributed by atoms with E-state index in [1.165, 1.54) is 0 Å². The van der Waals surface area contributed by atoms with Crippen molar-refractivity contribution < 1.29 is 15.0 Å². The molecule has 0 aliphatic heterocycles. The van der Waals surface area contributed by atoms with Gasteiger partial charge in [0.1, 0.15) is 0 Å². The predicted molar refractivity (Wildman–Crippen MR) is 31.9 cm³/mol. The number of aliphatic carboxylic acids is 1. The third-order valence-electron chi connectivity index (χ3n) is 1.16. The van der Waals surface area contributed by atoms with Crippen molar-refractivity contribution in [3.05, 3.63) is 0 Å². The Hall–Kier alpha value is -0.610. The van der Waals surface area contributed by atoms with Gasteiger partial charge in [0.25, 0.3) is 0 Å². The lowest BCUT2D eigenvalue weighted by Crippen LogP contribution is -2.32. The van der Waals surface area contributed by atoms with Crippen molar-refractivity contribution in [1.29, 1.82) is 0 Å². The highest BCUT2D eigenvalue weighted by Gasteiger charge is 2.19. The number of hydrogen-bond acceptors (Lipinski definition) is 3. The topological polar surface area (TPSA) is 83.5 Å². The molecule has 0 aliphatic rings. The van der Waals surface area contributed by atoms with Crippen LogP contribution in [0.15, 0.2) is 0 Å². The van der Waals surface area contributed by atoms with Crippen LogP contribution in [-0.4, -0.2) is 28.8 Å². The summed E-state index contributed by atoms with van der Waals surface area (Å²) in [6, 6.07) is 0. The maximum absolute atomic E-state index is 9.99. The van der Waals surface area contributed by atoms with Gasteiger partial charge in [-0.15, -0.1) is 0 Å². The molecule has 0 fully saturated rings. The number of nitrogens with two attached hydrogens (primary N) is 1. The third kappa shape index (κ3) is 2.43. The lowest BCUT2D eigenvalue weighted by atomic mass is 10.1. The van der Waals surface area contributed by atoms with Crippen LogP contribution in [0.25, 0.3) is 0 Å². The van der Waals surface area contributed by atoms with Crippen LogP contribution in [0.5, 0.6) is 0 Å². The van der Waals surface area contributed by atoms with Crippen molar-refractivity contribution in [2.75, 3.05) is 6.54 Å². The highest BCUT2D eigenvalue weighted by molar-refractivity contribution is 5.72. The number of carboxylic acid groups (broad SMARTS) is 1. The van der Waals surface area contributed by atoms with E-state index < -0.39 is 12.1 Å². The second-order valence-corrected chi connectivity index (χ2v) is 2.00. The summed E-state index contributed by atoms with van der Waals surface area (Å²) >= 11 is 0. The molecule has 2 unspecified atom stereocenters. The van der Waals surface area contributed by atoms with Crippen LogP contribution in [0, 0.1) is 5.92 Å². The molecule has 0 spiro atoms. The Balaban J connectivity index is 3.72. The molecule has 0 aromatic rings. The number of aliphatic hydroxyl groups is 1. The van der Waals surface area contributed by atoms with E-state index in [0.29, 0.717) is 0 Å². The summed E-state index contributed by atoms with van der Waals surface area (Å²) in [5, 5.41) is 16.9. The minimum atomic E-state index is -1.32. The Morgan fingerprint density at radius 3 is 2.33 bits per heavy atom. The van der Waals surface area contributed by atoms with Crippen LogP contribution in [-0.2, 0) is 4.79 Å². The summed E-state index contributed by atoms with van der Waals surface area (Å²) in [6.07, 6.45) is -1.32. The molecule has 0 bridgehead atoms. The summed E-state index contributed by atoms with van der Waals surface area (Å²) in [6.45, 7) is 1.77. The molecule has 0 aromatic carbocycles. The fourth-order valence-electron chi connectivity index (χ4n) is 0.372. The van der Waals surface area contributed by atoms with Crippen LogP contribution in [0.4, 0.5) is 0 Å². The molecule has 0 heterocycles. The molecule has 0 radical (unpaired) electrons. The van der Waals surface area contributed by atoms with E-state index in [0.717, 1.165) is 0 Å². The molecule has 4 nitrogen and oxygen atoms in total. The van der Waals surface area contributed by atoms with Gasteiger partial charge >= 0.3 is 5.97 Å².